The molecular formula is C22H24F4N4OS. The first kappa shape index (κ1) is 22.8. The van der Waals surface area contributed by atoms with Crippen molar-refractivity contribution in [3.05, 3.63) is 30.0 Å². The lowest BCUT2D eigenvalue weighted by atomic mass is 10.0. The number of halogens is 4. The number of fused-ring (bicyclic) bond motifs is 1. The molecule has 172 valence electrons. The number of alkyl halides is 4. The van der Waals surface area contributed by atoms with E-state index in [1.165, 1.54) is 10.6 Å². The average Bonchev–Trinajstić information content (AvgIpc) is 3.51. The van der Waals surface area contributed by atoms with Gasteiger partial charge in [0.1, 0.15) is 11.2 Å². The van der Waals surface area contributed by atoms with E-state index in [4.69, 9.17) is 0 Å². The second-order valence-corrected chi connectivity index (χ2v) is 9.25. The van der Waals surface area contributed by atoms with Gasteiger partial charge in [-0.15, -0.1) is 0 Å². The molecule has 0 radical (unpaired) electrons. The maximum absolute atomic E-state index is 14.5. The number of anilines is 1. The smallest absolute Gasteiger partial charge is 0.378 e. The van der Waals surface area contributed by atoms with E-state index in [-0.39, 0.29) is 40.7 Å². The summed E-state index contributed by atoms with van der Waals surface area (Å²) in [5.41, 5.74) is -3.23. The number of carbonyl (C=O) groups is 1. The zero-order valence-corrected chi connectivity index (χ0v) is 18.3. The quantitative estimate of drug-likeness (QED) is 0.397. The SMILES string of the molecule is CN1CC[C@@H](Nc2cccn3c(SC(F)(F)F)c(C#CCNC(=O)C4CC4)cc23)[C@@H](F)C1. The Hall–Kier alpha value is -2.38. The number of hydrogen-bond acceptors (Lipinski definition) is 4. The Balaban J connectivity index is 1.61. The van der Waals surface area contributed by atoms with Crippen molar-refractivity contribution in [1.82, 2.24) is 14.6 Å². The molecule has 0 spiro atoms. The number of amides is 1. The lowest BCUT2D eigenvalue weighted by molar-refractivity contribution is -0.122. The van der Waals surface area contributed by atoms with E-state index in [1.54, 1.807) is 18.2 Å². The largest absolute Gasteiger partial charge is 0.447 e. The summed E-state index contributed by atoms with van der Waals surface area (Å²) in [4.78, 5) is 13.6. The summed E-state index contributed by atoms with van der Waals surface area (Å²) in [5.74, 6) is 5.49. The first-order chi connectivity index (χ1) is 15.2. The van der Waals surface area contributed by atoms with Crippen molar-refractivity contribution >= 4 is 28.9 Å². The van der Waals surface area contributed by atoms with E-state index in [0.29, 0.717) is 24.2 Å². The third-order valence-corrected chi connectivity index (χ3v) is 6.43. The molecule has 2 fully saturated rings. The van der Waals surface area contributed by atoms with E-state index in [2.05, 4.69) is 22.5 Å². The highest BCUT2D eigenvalue weighted by atomic mass is 32.2. The van der Waals surface area contributed by atoms with Gasteiger partial charge in [0.05, 0.1) is 29.4 Å². The molecule has 0 unspecified atom stereocenters. The van der Waals surface area contributed by atoms with Crippen molar-refractivity contribution in [2.75, 3.05) is 32.0 Å². The number of nitrogens with one attached hydrogen (secondary N) is 2. The van der Waals surface area contributed by atoms with E-state index in [0.717, 1.165) is 19.4 Å². The molecule has 2 aromatic heterocycles. The highest BCUT2D eigenvalue weighted by Gasteiger charge is 2.33. The first-order valence-electron chi connectivity index (χ1n) is 10.5. The zero-order chi connectivity index (χ0) is 22.9. The molecule has 1 saturated carbocycles. The molecule has 32 heavy (non-hydrogen) atoms. The molecule has 2 atom stereocenters. The summed E-state index contributed by atoms with van der Waals surface area (Å²) < 4.78 is 55.7. The Morgan fingerprint density at radius 3 is 2.78 bits per heavy atom. The maximum Gasteiger partial charge on any atom is 0.447 e. The monoisotopic (exact) mass is 468 g/mol. The number of rotatable bonds is 5. The predicted molar refractivity (Wildman–Crippen MR) is 116 cm³/mol. The summed E-state index contributed by atoms with van der Waals surface area (Å²) in [7, 11) is 1.86. The third-order valence-electron chi connectivity index (χ3n) is 5.58. The van der Waals surface area contributed by atoms with Gasteiger partial charge in [-0.1, -0.05) is 11.8 Å². The normalized spacial score (nSPS) is 21.8. The molecule has 2 aromatic rings. The second kappa shape index (κ2) is 9.24. The summed E-state index contributed by atoms with van der Waals surface area (Å²) in [5, 5.41) is 5.81. The molecule has 0 aromatic carbocycles. The Labute approximate surface area is 187 Å². The minimum absolute atomic E-state index is 0.0396. The summed E-state index contributed by atoms with van der Waals surface area (Å²) >= 11 is -0.237. The van der Waals surface area contributed by atoms with Gasteiger partial charge in [0.15, 0.2) is 0 Å². The minimum atomic E-state index is -4.49. The molecule has 3 heterocycles. The summed E-state index contributed by atoms with van der Waals surface area (Å²) in [6.45, 7) is 1.11. The van der Waals surface area contributed by atoms with Gasteiger partial charge in [-0.05, 0) is 44.5 Å². The zero-order valence-electron chi connectivity index (χ0n) is 17.5. The fourth-order valence-corrected chi connectivity index (χ4v) is 4.47. The summed E-state index contributed by atoms with van der Waals surface area (Å²) in [6.07, 6.45) is 2.78. The Bertz CT molecular complexity index is 1050. The van der Waals surface area contributed by atoms with Gasteiger partial charge in [0.2, 0.25) is 5.91 Å². The van der Waals surface area contributed by atoms with E-state index in [1.807, 2.05) is 11.9 Å². The van der Waals surface area contributed by atoms with Crippen LogP contribution in [0.4, 0.5) is 23.2 Å². The third kappa shape index (κ3) is 5.51. The lowest BCUT2D eigenvalue weighted by Crippen LogP contribution is -2.46. The van der Waals surface area contributed by atoms with Gasteiger partial charge in [0, 0.05) is 37.0 Å². The van der Waals surface area contributed by atoms with Crippen molar-refractivity contribution in [3.8, 4) is 11.8 Å². The van der Waals surface area contributed by atoms with Crippen LogP contribution in [0.3, 0.4) is 0 Å². The van der Waals surface area contributed by atoms with Crippen LogP contribution in [0.2, 0.25) is 0 Å². The van der Waals surface area contributed by atoms with Crippen LogP contribution in [0, 0.1) is 17.8 Å². The van der Waals surface area contributed by atoms with Gasteiger partial charge in [-0.25, -0.2) is 4.39 Å². The van der Waals surface area contributed by atoms with Crippen molar-refractivity contribution in [1.29, 1.82) is 0 Å². The topological polar surface area (TPSA) is 48.8 Å². The molecule has 1 amide bonds. The fraction of sp³-hybridized carbons (Fsp3) is 0.500. The van der Waals surface area contributed by atoms with Crippen LogP contribution in [0.25, 0.3) is 5.52 Å². The Morgan fingerprint density at radius 2 is 2.09 bits per heavy atom. The molecule has 1 saturated heterocycles. The molecular weight excluding hydrogens is 444 g/mol. The van der Waals surface area contributed by atoms with Crippen molar-refractivity contribution in [2.24, 2.45) is 5.92 Å². The highest BCUT2D eigenvalue weighted by Crippen LogP contribution is 2.40. The van der Waals surface area contributed by atoms with Crippen LogP contribution >= 0.6 is 11.8 Å². The minimum Gasteiger partial charge on any atom is -0.378 e. The van der Waals surface area contributed by atoms with Crippen LogP contribution in [-0.2, 0) is 4.79 Å². The van der Waals surface area contributed by atoms with Gasteiger partial charge >= 0.3 is 5.51 Å². The van der Waals surface area contributed by atoms with Crippen LogP contribution < -0.4 is 10.6 Å². The van der Waals surface area contributed by atoms with Crippen LogP contribution in [-0.4, -0.2) is 59.6 Å². The number of likely N-dealkylation sites (tertiary alicyclic amines) is 1. The molecule has 4 rings (SSSR count). The number of carbonyl (C=O) groups excluding carboxylic acids is 1. The number of thioether (sulfide) groups is 1. The molecule has 1 aliphatic carbocycles. The van der Waals surface area contributed by atoms with E-state index < -0.39 is 17.7 Å². The van der Waals surface area contributed by atoms with Crippen molar-refractivity contribution < 1.29 is 22.4 Å². The van der Waals surface area contributed by atoms with Crippen molar-refractivity contribution in [3.63, 3.8) is 0 Å². The molecule has 10 heteroatoms. The van der Waals surface area contributed by atoms with E-state index >= 15 is 0 Å². The standard InChI is InChI=1S/C22H24F4N4OS/c1-29-11-8-17(16(23)13-29)28-18-5-3-10-30-19(18)12-15(21(30)32-22(24,25)26)4-2-9-27-20(31)14-6-7-14/h3,5,10,12,14,16-17,28H,6-9,11,13H2,1H3,(H,27,31)/t16-,17+/m0/s1. The van der Waals surface area contributed by atoms with Crippen molar-refractivity contribution in [2.45, 2.75) is 42.0 Å². The number of nitrogens with zero attached hydrogens (tertiary/aromatic N) is 2. The van der Waals surface area contributed by atoms with Gasteiger partial charge in [-0.2, -0.15) is 13.2 Å². The average molecular weight is 469 g/mol. The van der Waals surface area contributed by atoms with Gasteiger partial charge in [0.25, 0.3) is 0 Å². The molecule has 2 aliphatic rings. The van der Waals surface area contributed by atoms with Crippen LogP contribution in [0.1, 0.15) is 24.8 Å². The molecule has 2 N–H and O–H groups in total. The summed E-state index contributed by atoms with van der Waals surface area (Å²) in [6, 6.07) is 4.52. The lowest BCUT2D eigenvalue weighted by Gasteiger charge is -2.33. The fourth-order valence-electron chi connectivity index (χ4n) is 3.78. The Kier molecular flexibility index (Phi) is 6.58. The van der Waals surface area contributed by atoms with Crippen LogP contribution in [0.15, 0.2) is 29.4 Å². The molecule has 1 aliphatic heterocycles. The maximum atomic E-state index is 14.5. The van der Waals surface area contributed by atoms with Gasteiger partial charge in [-0.3, -0.25) is 4.79 Å². The van der Waals surface area contributed by atoms with Gasteiger partial charge < -0.3 is 19.9 Å². The van der Waals surface area contributed by atoms with Crippen LogP contribution in [0.5, 0.6) is 0 Å². The van der Waals surface area contributed by atoms with E-state index in [9.17, 15) is 22.4 Å². The number of aromatic nitrogens is 1. The number of piperidine rings is 1. The molecule has 0 bridgehead atoms. The predicted octanol–water partition coefficient (Wildman–Crippen LogP) is 3.88. The number of hydrogen-bond donors (Lipinski definition) is 2. The molecule has 5 nitrogen and oxygen atoms in total. The number of pyridine rings is 1. The first-order valence-corrected chi connectivity index (χ1v) is 11.3. The second-order valence-electron chi connectivity index (χ2n) is 8.20. The highest BCUT2D eigenvalue weighted by molar-refractivity contribution is 8.00. The Morgan fingerprint density at radius 1 is 1.31 bits per heavy atom.